The highest BCUT2D eigenvalue weighted by molar-refractivity contribution is 7.10. The van der Waals surface area contributed by atoms with E-state index in [9.17, 15) is 9.90 Å². The van der Waals surface area contributed by atoms with Gasteiger partial charge >= 0.3 is 0 Å². The number of furan rings is 2. The first-order valence-electron chi connectivity index (χ1n) is 7.16. The number of thiophene rings is 1. The van der Waals surface area contributed by atoms with Crippen molar-refractivity contribution in [2.75, 3.05) is 6.54 Å². The third-order valence-corrected chi connectivity index (χ3v) is 4.67. The van der Waals surface area contributed by atoms with Crippen LogP contribution >= 0.6 is 11.3 Å². The third kappa shape index (κ3) is 2.95. The number of nitrogens with one attached hydrogen (secondary N) is 1. The second-order valence-corrected chi connectivity index (χ2v) is 6.27. The van der Waals surface area contributed by atoms with Gasteiger partial charge in [0.2, 0.25) is 0 Å². The molecule has 2 N–H and O–H groups in total. The van der Waals surface area contributed by atoms with Gasteiger partial charge in [-0.3, -0.25) is 4.79 Å². The van der Waals surface area contributed by atoms with Crippen LogP contribution in [0.15, 0.2) is 50.8 Å². The Morgan fingerprint density at radius 2 is 2.17 bits per heavy atom. The van der Waals surface area contributed by atoms with Crippen molar-refractivity contribution in [1.82, 2.24) is 5.32 Å². The number of rotatable bonds is 5. The molecular weight excluding hydrogens is 314 g/mol. The zero-order chi connectivity index (χ0) is 16.4. The van der Waals surface area contributed by atoms with Crippen LogP contribution in [0.1, 0.15) is 32.5 Å². The van der Waals surface area contributed by atoms with Crippen LogP contribution in [0.5, 0.6) is 0 Å². The van der Waals surface area contributed by atoms with Gasteiger partial charge in [0.15, 0.2) is 5.60 Å². The Balaban J connectivity index is 1.83. The van der Waals surface area contributed by atoms with Crippen LogP contribution in [0.2, 0.25) is 0 Å². The molecule has 5 nitrogen and oxygen atoms in total. The number of aryl methyl sites for hydroxylation is 2. The van der Waals surface area contributed by atoms with E-state index in [0.717, 1.165) is 0 Å². The van der Waals surface area contributed by atoms with Crippen molar-refractivity contribution >= 4 is 17.2 Å². The lowest BCUT2D eigenvalue weighted by Gasteiger charge is -2.25. The molecule has 0 spiro atoms. The van der Waals surface area contributed by atoms with Crippen LogP contribution in [-0.4, -0.2) is 17.6 Å². The maximum absolute atomic E-state index is 12.4. The molecule has 23 heavy (non-hydrogen) atoms. The standard InChI is InChI=1S/C17H17NO4S/c1-11-9-13(12(2)22-11)16(19)18-10-17(20,14-5-3-7-21-14)15-6-4-8-23-15/h3-9,20H,10H2,1-2H3,(H,18,19)/t17-/m1/s1. The van der Waals surface area contributed by atoms with E-state index in [1.807, 2.05) is 17.5 Å². The number of aliphatic hydroxyl groups is 1. The summed E-state index contributed by atoms with van der Waals surface area (Å²) in [4.78, 5) is 13.1. The first-order chi connectivity index (χ1) is 11.0. The lowest BCUT2D eigenvalue weighted by molar-refractivity contribution is 0.0554. The normalized spacial score (nSPS) is 13.7. The highest BCUT2D eigenvalue weighted by atomic mass is 32.1. The summed E-state index contributed by atoms with van der Waals surface area (Å²) in [6.07, 6.45) is 1.50. The Kier molecular flexibility index (Phi) is 4.11. The summed E-state index contributed by atoms with van der Waals surface area (Å²) in [7, 11) is 0. The molecule has 1 amide bonds. The van der Waals surface area contributed by atoms with E-state index in [4.69, 9.17) is 8.83 Å². The van der Waals surface area contributed by atoms with Crippen LogP contribution in [0.25, 0.3) is 0 Å². The number of hydrogen-bond acceptors (Lipinski definition) is 5. The predicted molar refractivity (Wildman–Crippen MR) is 86.5 cm³/mol. The predicted octanol–water partition coefficient (Wildman–Crippen LogP) is 3.22. The number of carbonyl (C=O) groups excluding carboxylic acids is 1. The highest BCUT2D eigenvalue weighted by Gasteiger charge is 2.36. The van der Waals surface area contributed by atoms with Gasteiger partial charge in [0.25, 0.3) is 5.91 Å². The molecule has 0 radical (unpaired) electrons. The molecule has 6 heteroatoms. The summed E-state index contributed by atoms with van der Waals surface area (Å²) in [5, 5.41) is 15.7. The summed E-state index contributed by atoms with van der Waals surface area (Å²) in [5.41, 5.74) is -0.935. The second kappa shape index (κ2) is 6.06. The molecule has 0 fully saturated rings. The minimum atomic E-state index is -1.40. The lowest BCUT2D eigenvalue weighted by Crippen LogP contribution is -2.41. The Morgan fingerprint density at radius 1 is 1.35 bits per heavy atom. The van der Waals surface area contributed by atoms with E-state index in [-0.39, 0.29) is 12.5 Å². The van der Waals surface area contributed by atoms with Gasteiger partial charge in [-0.05, 0) is 43.5 Å². The quantitative estimate of drug-likeness (QED) is 0.753. The first kappa shape index (κ1) is 15.6. The molecule has 3 rings (SSSR count). The minimum absolute atomic E-state index is 0.00350. The molecule has 3 heterocycles. The zero-order valence-electron chi connectivity index (χ0n) is 12.8. The smallest absolute Gasteiger partial charge is 0.254 e. The summed E-state index contributed by atoms with van der Waals surface area (Å²) in [6.45, 7) is 3.53. The monoisotopic (exact) mass is 331 g/mol. The van der Waals surface area contributed by atoms with Crippen molar-refractivity contribution < 1.29 is 18.7 Å². The first-order valence-corrected chi connectivity index (χ1v) is 8.04. The van der Waals surface area contributed by atoms with Crippen molar-refractivity contribution in [3.05, 3.63) is 69.7 Å². The molecule has 3 aromatic rings. The number of carbonyl (C=O) groups is 1. The Hall–Kier alpha value is -2.31. The summed E-state index contributed by atoms with van der Waals surface area (Å²) in [5.74, 6) is 1.33. The van der Waals surface area contributed by atoms with Crippen molar-refractivity contribution in [1.29, 1.82) is 0 Å². The van der Waals surface area contributed by atoms with Gasteiger partial charge in [-0.25, -0.2) is 0 Å². The van der Waals surface area contributed by atoms with Crippen LogP contribution in [-0.2, 0) is 5.60 Å². The minimum Gasteiger partial charge on any atom is -0.466 e. The molecule has 0 aromatic carbocycles. The van der Waals surface area contributed by atoms with Gasteiger partial charge in [-0.2, -0.15) is 0 Å². The fourth-order valence-corrected chi connectivity index (χ4v) is 3.31. The molecule has 0 saturated carbocycles. The lowest BCUT2D eigenvalue weighted by atomic mass is 9.98. The van der Waals surface area contributed by atoms with Gasteiger partial charge in [0.05, 0.1) is 18.4 Å². The maximum atomic E-state index is 12.4. The van der Waals surface area contributed by atoms with Gasteiger partial charge in [-0.1, -0.05) is 6.07 Å². The summed E-state index contributed by atoms with van der Waals surface area (Å²) in [6, 6.07) is 8.74. The molecule has 120 valence electrons. The summed E-state index contributed by atoms with van der Waals surface area (Å²) >= 11 is 1.40. The SMILES string of the molecule is Cc1cc(C(=O)NC[C@@](O)(c2ccco2)c2cccs2)c(C)o1. The van der Waals surface area contributed by atoms with Gasteiger partial charge < -0.3 is 19.3 Å². The fourth-order valence-electron chi connectivity index (χ4n) is 2.48. The molecule has 0 bridgehead atoms. The van der Waals surface area contributed by atoms with E-state index >= 15 is 0 Å². The Morgan fingerprint density at radius 3 is 2.74 bits per heavy atom. The Labute approximate surface area is 137 Å². The van der Waals surface area contributed by atoms with E-state index < -0.39 is 5.60 Å². The van der Waals surface area contributed by atoms with Crippen molar-refractivity contribution in [3.8, 4) is 0 Å². The fraction of sp³-hybridized carbons (Fsp3) is 0.235. The van der Waals surface area contributed by atoms with Gasteiger partial charge in [-0.15, -0.1) is 11.3 Å². The second-order valence-electron chi connectivity index (χ2n) is 5.32. The Bertz CT molecular complexity index is 753. The topological polar surface area (TPSA) is 75.6 Å². The zero-order valence-corrected chi connectivity index (χ0v) is 13.6. The molecule has 3 aromatic heterocycles. The molecule has 1 atom stereocenters. The average molecular weight is 331 g/mol. The van der Waals surface area contributed by atoms with Crippen molar-refractivity contribution in [2.24, 2.45) is 0 Å². The van der Waals surface area contributed by atoms with Crippen LogP contribution in [0.3, 0.4) is 0 Å². The molecule has 0 aliphatic carbocycles. The summed E-state index contributed by atoms with van der Waals surface area (Å²) < 4.78 is 10.7. The molecule has 0 aliphatic heterocycles. The number of hydrogen-bond donors (Lipinski definition) is 2. The molecule has 0 saturated heterocycles. The largest absolute Gasteiger partial charge is 0.466 e. The van der Waals surface area contributed by atoms with Crippen LogP contribution in [0.4, 0.5) is 0 Å². The van der Waals surface area contributed by atoms with Gasteiger partial charge in [0.1, 0.15) is 17.3 Å². The van der Waals surface area contributed by atoms with E-state index in [1.165, 1.54) is 17.6 Å². The average Bonchev–Trinajstić information content (AvgIpc) is 3.26. The van der Waals surface area contributed by atoms with E-state index in [0.29, 0.717) is 27.7 Å². The molecule has 0 aliphatic rings. The highest BCUT2D eigenvalue weighted by Crippen LogP contribution is 2.32. The molecule has 0 unspecified atom stereocenters. The molecular formula is C17H17NO4S. The van der Waals surface area contributed by atoms with Crippen molar-refractivity contribution in [2.45, 2.75) is 19.4 Å². The van der Waals surface area contributed by atoms with E-state index in [2.05, 4.69) is 5.32 Å². The van der Waals surface area contributed by atoms with Crippen molar-refractivity contribution in [3.63, 3.8) is 0 Å². The maximum Gasteiger partial charge on any atom is 0.254 e. The van der Waals surface area contributed by atoms with Crippen LogP contribution < -0.4 is 5.32 Å². The van der Waals surface area contributed by atoms with Crippen LogP contribution in [0, 0.1) is 13.8 Å². The number of amides is 1. The van der Waals surface area contributed by atoms with E-state index in [1.54, 1.807) is 32.0 Å². The third-order valence-electron chi connectivity index (χ3n) is 3.65. The van der Waals surface area contributed by atoms with Gasteiger partial charge in [0, 0.05) is 4.88 Å².